The molecule has 0 aromatic heterocycles. The van der Waals surface area contributed by atoms with Gasteiger partial charge in [-0.15, -0.1) is 0 Å². The summed E-state index contributed by atoms with van der Waals surface area (Å²) in [7, 11) is 3.63. The molecule has 6 nitrogen and oxygen atoms in total. The third kappa shape index (κ3) is 23.3. The summed E-state index contributed by atoms with van der Waals surface area (Å²) in [6.07, 6.45) is 29.8. The Morgan fingerprint density at radius 3 is 1.62 bits per heavy atom. The molecule has 0 spiro atoms. The summed E-state index contributed by atoms with van der Waals surface area (Å²) in [6.45, 7) is 5.45. The Bertz CT molecular complexity index is 622. The molecule has 0 fully saturated rings. The van der Waals surface area contributed by atoms with Gasteiger partial charge in [-0.3, -0.25) is 4.57 Å². The highest BCUT2D eigenvalue weighted by Gasteiger charge is 2.42. The quantitative estimate of drug-likeness (QED) is 0.0390. The first kappa shape index (κ1) is 39.8. The van der Waals surface area contributed by atoms with Gasteiger partial charge in [-0.2, -0.15) is 0 Å². The molecule has 0 bridgehead atoms. The number of rotatable bonds is 30. The van der Waals surface area contributed by atoms with Crippen molar-refractivity contribution in [1.82, 2.24) is 0 Å². The maximum Gasteiger partial charge on any atom is 0.385 e. The molecule has 7 heteroatoms. The predicted molar refractivity (Wildman–Crippen MR) is 172 cm³/mol. The van der Waals surface area contributed by atoms with E-state index in [-0.39, 0.29) is 12.7 Å². The van der Waals surface area contributed by atoms with Crippen LogP contribution >= 0.6 is 7.60 Å². The summed E-state index contributed by atoms with van der Waals surface area (Å²) in [5.41, 5.74) is 0. The van der Waals surface area contributed by atoms with E-state index in [1.807, 2.05) is 28.1 Å². The molecule has 0 rings (SSSR count). The Hall–Kier alpha value is -0.230. The highest BCUT2D eigenvalue weighted by atomic mass is 31.2. The van der Waals surface area contributed by atoms with Crippen LogP contribution in [0.1, 0.15) is 142 Å². The molecule has 0 heterocycles. The second-order valence-electron chi connectivity index (χ2n) is 12.5. The Kier molecular flexibility index (Phi) is 26.2. The minimum Gasteiger partial charge on any atom is -0.379 e. The predicted octanol–water partition coefficient (Wildman–Crippen LogP) is 9.65. The standard InChI is InChI=1S/C33H68NO5P/c1-7-9-10-11-12-13-14-15-16-17-18-19-20-21-22-23-24-25-26-27-29-38-30-32(37-6)31-39-40(35,36)33(28-8-2)34(3,4)5/h18-19,32-33H,7-17,20-31H2,1-6H3/p+1/b19-18-/t32-,33?/m1/s1. The fourth-order valence-electron chi connectivity index (χ4n) is 5.08. The van der Waals surface area contributed by atoms with Gasteiger partial charge in [-0.05, 0) is 38.5 Å². The van der Waals surface area contributed by atoms with Gasteiger partial charge in [0.2, 0.25) is 0 Å². The first-order valence-corrected chi connectivity index (χ1v) is 18.4. The van der Waals surface area contributed by atoms with Gasteiger partial charge in [0.1, 0.15) is 6.10 Å². The Labute approximate surface area is 249 Å². The number of methoxy groups -OCH3 is 1. The van der Waals surface area contributed by atoms with Crippen LogP contribution in [0.2, 0.25) is 0 Å². The molecule has 0 aliphatic carbocycles. The van der Waals surface area contributed by atoms with E-state index in [0.717, 1.165) is 12.8 Å². The molecular weight excluding hydrogens is 521 g/mol. The van der Waals surface area contributed by atoms with Gasteiger partial charge < -0.3 is 23.4 Å². The lowest BCUT2D eigenvalue weighted by molar-refractivity contribution is -0.883. The van der Waals surface area contributed by atoms with Crippen molar-refractivity contribution >= 4 is 7.60 Å². The van der Waals surface area contributed by atoms with Crippen LogP contribution in [0.5, 0.6) is 0 Å². The van der Waals surface area contributed by atoms with Crippen LogP contribution in [0.3, 0.4) is 0 Å². The summed E-state index contributed by atoms with van der Waals surface area (Å²) in [6, 6.07) is 0. The van der Waals surface area contributed by atoms with E-state index in [4.69, 9.17) is 14.0 Å². The van der Waals surface area contributed by atoms with Crippen LogP contribution in [0.15, 0.2) is 12.2 Å². The summed E-state index contributed by atoms with van der Waals surface area (Å²) in [5, 5.41) is 0. The highest BCUT2D eigenvalue weighted by molar-refractivity contribution is 7.53. The van der Waals surface area contributed by atoms with Crippen molar-refractivity contribution in [2.75, 3.05) is 48.1 Å². The zero-order valence-electron chi connectivity index (χ0n) is 27.5. The highest BCUT2D eigenvalue weighted by Crippen LogP contribution is 2.51. The lowest BCUT2D eigenvalue weighted by atomic mass is 10.1. The average Bonchev–Trinajstić information content (AvgIpc) is 2.91. The normalized spacial score (nSPS) is 15.5. The van der Waals surface area contributed by atoms with Crippen molar-refractivity contribution < 1.29 is 27.9 Å². The zero-order chi connectivity index (χ0) is 30.0. The summed E-state index contributed by atoms with van der Waals surface area (Å²) in [5.74, 6) is -0.443. The van der Waals surface area contributed by atoms with Gasteiger partial charge in [-0.1, -0.05) is 109 Å². The lowest BCUT2D eigenvalue weighted by Gasteiger charge is -2.36. The van der Waals surface area contributed by atoms with Crippen molar-refractivity contribution in [2.45, 2.75) is 154 Å². The smallest absolute Gasteiger partial charge is 0.379 e. The van der Waals surface area contributed by atoms with Crippen LogP contribution in [0.4, 0.5) is 0 Å². The fraction of sp³-hybridized carbons (Fsp3) is 0.939. The minimum atomic E-state index is -3.76. The lowest BCUT2D eigenvalue weighted by Crippen LogP contribution is -2.45. The average molecular weight is 591 g/mol. The van der Waals surface area contributed by atoms with Crippen LogP contribution in [-0.4, -0.2) is 69.3 Å². The number of hydrogen-bond acceptors (Lipinski definition) is 4. The van der Waals surface area contributed by atoms with Gasteiger partial charge >= 0.3 is 7.60 Å². The van der Waals surface area contributed by atoms with E-state index in [0.29, 0.717) is 24.1 Å². The molecule has 3 atom stereocenters. The number of nitrogens with zero attached hydrogens (tertiary/aromatic N) is 1. The fourth-order valence-corrected chi connectivity index (χ4v) is 7.09. The molecule has 40 heavy (non-hydrogen) atoms. The van der Waals surface area contributed by atoms with Crippen molar-refractivity contribution in [3.05, 3.63) is 12.2 Å². The maximum atomic E-state index is 12.9. The molecule has 1 N–H and O–H groups in total. The molecule has 0 saturated carbocycles. The van der Waals surface area contributed by atoms with Crippen LogP contribution in [0.25, 0.3) is 0 Å². The zero-order valence-corrected chi connectivity index (χ0v) is 28.4. The van der Waals surface area contributed by atoms with E-state index in [1.54, 1.807) is 7.11 Å². The summed E-state index contributed by atoms with van der Waals surface area (Å²) >= 11 is 0. The first-order valence-electron chi connectivity index (χ1n) is 16.7. The number of hydrogen-bond donors (Lipinski definition) is 1. The van der Waals surface area contributed by atoms with Crippen molar-refractivity contribution in [1.29, 1.82) is 0 Å². The molecule has 0 amide bonds. The van der Waals surface area contributed by atoms with Gasteiger partial charge in [0.25, 0.3) is 0 Å². The SMILES string of the molecule is CCCCCCCCCCC/C=C\CCCCCCCCCOC[C@H](COP(=O)(O)C(CCC)[N+](C)(C)C)OC. The number of ether oxygens (including phenoxy) is 2. The molecule has 0 aliphatic rings. The molecule has 2 unspecified atom stereocenters. The van der Waals surface area contributed by atoms with Crippen molar-refractivity contribution in [2.24, 2.45) is 0 Å². The molecule has 0 saturated heterocycles. The molecule has 240 valence electrons. The Balaban J connectivity index is 3.63. The molecule has 0 aromatic carbocycles. The van der Waals surface area contributed by atoms with E-state index in [1.165, 1.54) is 109 Å². The van der Waals surface area contributed by atoms with Crippen LogP contribution < -0.4 is 0 Å². The third-order valence-electron chi connectivity index (χ3n) is 7.70. The van der Waals surface area contributed by atoms with Gasteiger partial charge in [-0.25, -0.2) is 0 Å². The largest absolute Gasteiger partial charge is 0.385 e. The molecule has 0 radical (unpaired) electrons. The first-order chi connectivity index (χ1) is 19.2. The van der Waals surface area contributed by atoms with Gasteiger partial charge in [0.05, 0.1) is 34.4 Å². The van der Waals surface area contributed by atoms with E-state index in [2.05, 4.69) is 19.1 Å². The monoisotopic (exact) mass is 590 g/mol. The Morgan fingerprint density at radius 1 is 0.700 bits per heavy atom. The van der Waals surface area contributed by atoms with Gasteiger partial charge in [0, 0.05) is 20.1 Å². The topological polar surface area (TPSA) is 65.0 Å². The van der Waals surface area contributed by atoms with Crippen molar-refractivity contribution in [3.8, 4) is 0 Å². The summed E-state index contributed by atoms with van der Waals surface area (Å²) < 4.78 is 30.0. The van der Waals surface area contributed by atoms with Crippen molar-refractivity contribution in [3.63, 3.8) is 0 Å². The van der Waals surface area contributed by atoms with Gasteiger partial charge in [0.15, 0.2) is 5.78 Å². The molecule has 0 aliphatic heterocycles. The number of allylic oxidation sites excluding steroid dienone is 2. The van der Waals surface area contributed by atoms with Crippen LogP contribution in [-0.2, 0) is 18.6 Å². The molecule has 0 aromatic rings. The number of unbranched alkanes of at least 4 members (excludes halogenated alkanes) is 16. The third-order valence-corrected chi connectivity index (χ3v) is 9.92. The second-order valence-corrected chi connectivity index (χ2v) is 14.5. The minimum absolute atomic E-state index is 0.0684. The van der Waals surface area contributed by atoms with E-state index in [9.17, 15) is 9.46 Å². The maximum absolute atomic E-state index is 12.9. The van der Waals surface area contributed by atoms with E-state index < -0.39 is 13.4 Å². The van der Waals surface area contributed by atoms with E-state index >= 15 is 0 Å². The second kappa shape index (κ2) is 26.4. The van der Waals surface area contributed by atoms with Crippen LogP contribution in [0, 0.1) is 0 Å². The Morgan fingerprint density at radius 2 is 1.18 bits per heavy atom. The number of quaternary nitrogens is 1. The summed E-state index contributed by atoms with van der Waals surface area (Å²) in [4.78, 5) is 10.6. The molecular formula is C33H69NO5P+.